The molecular weight excluding hydrogens is 413 g/mol. The van der Waals surface area contributed by atoms with Crippen molar-refractivity contribution in [3.05, 3.63) is 47.5 Å². The average Bonchev–Trinajstić information content (AvgIpc) is 3.38. The minimum Gasteiger partial charge on any atom is -0.459 e. The summed E-state index contributed by atoms with van der Waals surface area (Å²) >= 11 is 5.91. The first-order valence-electron chi connectivity index (χ1n) is 8.92. The minimum atomic E-state index is -0.487. The van der Waals surface area contributed by atoms with Crippen LogP contribution in [0, 0.1) is 18.3 Å². The van der Waals surface area contributed by atoms with Crippen LogP contribution in [0.3, 0.4) is 0 Å². The summed E-state index contributed by atoms with van der Waals surface area (Å²) in [5.41, 5.74) is 7.23. The van der Waals surface area contributed by atoms with Crippen LogP contribution >= 0.6 is 11.6 Å². The fourth-order valence-electron chi connectivity index (χ4n) is 3.19. The first kappa shape index (κ1) is 21.5. The predicted octanol–water partition coefficient (Wildman–Crippen LogP) is 3.04. The first-order chi connectivity index (χ1) is 14.6. The number of imidazole rings is 1. The monoisotopic (exact) mass is 431 g/mol. The number of nitrogen functional groups attached to an aromatic ring is 1. The van der Waals surface area contributed by atoms with Crippen LogP contribution in [0.15, 0.2) is 36.9 Å². The SMILES string of the molecule is C#CC1CC(COC(=O)c2cccc(Cl)c2)OC1n1cnc2c(N)ncnc21.CF. The van der Waals surface area contributed by atoms with Crippen LogP contribution < -0.4 is 5.73 Å². The van der Waals surface area contributed by atoms with Gasteiger partial charge in [0.2, 0.25) is 0 Å². The minimum absolute atomic E-state index is 0.0732. The smallest absolute Gasteiger partial charge is 0.338 e. The van der Waals surface area contributed by atoms with Crippen molar-refractivity contribution in [3.8, 4) is 12.3 Å². The van der Waals surface area contributed by atoms with Crippen molar-refractivity contribution >= 4 is 34.6 Å². The van der Waals surface area contributed by atoms with Crippen LogP contribution in [0.5, 0.6) is 0 Å². The van der Waals surface area contributed by atoms with E-state index in [1.54, 1.807) is 35.2 Å². The Kier molecular flexibility index (Phi) is 6.82. The maximum Gasteiger partial charge on any atom is 0.338 e. The number of hydrogen-bond acceptors (Lipinski definition) is 7. The van der Waals surface area contributed by atoms with Crippen molar-refractivity contribution in [1.29, 1.82) is 0 Å². The van der Waals surface area contributed by atoms with Gasteiger partial charge in [0.25, 0.3) is 0 Å². The van der Waals surface area contributed by atoms with Crippen molar-refractivity contribution in [3.63, 3.8) is 0 Å². The third-order valence-electron chi connectivity index (χ3n) is 4.53. The zero-order valence-electron chi connectivity index (χ0n) is 16.0. The fourth-order valence-corrected chi connectivity index (χ4v) is 3.38. The molecule has 1 saturated heterocycles. The van der Waals surface area contributed by atoms with Crippen molar-refractivity contribution in [1.82, 2.24) is 19.5 Å². The Morgan fingerprint density at radius 3 is 2.97 bits per heavy atom. The molecule has 3 atom stereocenters. The number of ether oxygens (including phenoxy) is 2. The zero-order chi connectivity index (χ0) is 21.7. The number of terminal acetylenes is 1. The van der Waals surface area contributed by atoms with E-state index in [-0.39, 0.29) is 24.4 Å². The maximum absolute atomic E-state index is 12.2. The average molecular weight is 432 g/mol. The summed E-state index contributed by atoms with van der Waals surface area (Å²) in [6.07, 6.45) is 8.31. The van der Waals surface area contributed by atoms with E-state index in [0.29, 0.717) is 35.3 Å². The molecule has 3 aromatic rings. The molecule has 0 amide bonds. The molecule has 1 aliphatic rings. The second kappa shape index (κ2) is 9.52. The van der Waals surface area contributed by atoms with Gasteiger partial charge in [-0.25, -0.2) is 19.7 Å². The second-order valence-corrected chi connectivity index (χ2v) is 6.79. The van der Waals surface area contributed by atoms with E-state index in [0.717, 1.165) is 0 Å². The molecule has 0 aliphatic carbocycles. The summed E-state index contributed by atoms with van der Waals surface area (Å²) in [7, 11) is 0.500. The molecule has 30 heavy (non-hydrogen) atoms. The van der Waals surface area contributed by atoms with Crippen LogP contribution in [0.4, 0.5) is 10.2 Å². The molecule has 3 heterocycles. The lowest BCUT2D eigenvalue weighted by Crippen LogP contribution is -2.19. The normalized spacial score (nSPS) is 20.3. The predicted molar refractivity (Wildman–Crippen MR) is 109 cm³/mol. The highest BCUT2D eigenvalue weighted by Crippen LogP contribution is 2.36. The molecule has 0 spiro atoms. The molecule has 0 bridgehead atoms. The number of nitrogens with two attached hydrogens (primary N) is 1. The Labute approximate surface area is 177 Å². The van der Waals surface area contributed by atoms with Gasteiger partial charge in [-0.05, 0) is 24.6 Å². The van der Waals surface area contributed by atoms with Gasteiger partial charge < -0.3 is 15.2 Å². The number of fused-ring (bicyclic) bond motifs is 1. The standard InChI is InChI=1S/C19H16ClN5O3.CH3F/c1-2-11-7-14(8-27-19(26)12-4-3-5-13(20)6-12)28-18(11)25-10-24-15-16(21)22-9-23-17(15)25;1-2/h1,3-6,9-11,14,18H,7-8H2,(H2,21,22,23);1H3. The van der Waals surface area contributed by atoms with Crippen LogP contribution in [0.25, 0.3) is 11.2 Å². The van der Waals surface area contributed by atoms with Crippen molar-refractivity contribution in [2.45, 2.75) is 18.8 Å². The Morgan fingerprint density at radius 1 is 1.43 bits per heavy atom. The zero-order valence-corrected chi connectivity index (χ0v) is 16.8. The lowest BCUT2D eigenvalue weighted by Gasteiger charge is -2.17. The van der Waals surface area contributed by atoms with Crippen LogP contribution in [0.2, 0.25) is 5.02 Å². The van der Waals surface area contributed by atoms with Gasteiger partial charge in [0, 0.05) is 5.02 Å². The summed E-state index contributed by atoms with van der Waals surface area (Å²) in [5, 5.41) is 0.465. The lowest BCUT2D eigenvalue weighted by atomic mass is 10.0. The highest BCUT2D eigenvalue weighted by Gasteiger charge is 2.37. The van der Waals surface area contributed by atoms with E-state index in [1.807, 2.05) is 0 Å². The molecule has 2 N–H and O–H groups in total. The highest BCUT2D eigenvalue weighted by atomic mass is 35.5. The van der Waals surface area contributed by atoms with Crippen molar-refractivity contribution < 1.29 is 18.7 Å². The molecule has 8 nitrogen and oxygen atoms in total. The third kappa shape index (κ3) is 4.35. The molecule has 2 aromatic heterocycles. The summed E-state index contributed by atoms with van der Waals surface area (Å²) in [6.45, 7) is 0.0732. The van der Waals surface area contributed by atoms with Gasteiger partial charge >= 0.3 is 5.97 Å². The van der Waals surface area contributed by atoms with Crippen molar-refractivity contribution in [2.24, 2.45) is 5.92 Å². The third-order valence-corrected chi connectivity index (χ3v) is 4.76. The van der Waals surface area contributed by atoms with Gasteiger partial charge in [0.05, 0.1) is 31.1 Å². The van der Waals surface area contributed by atoms with Crippen LogP contribution in [-0.4, -0.2) is 45.4 Å². The molecule has 0 saturated carbocycles. The topological polar surface area (TPSA) is 105 Å². The molecule has 1 fully saturated rings. The van der Waals surface area contributed by atoms with E-state index >= 15 is 0 Å². The molecule has 156 valence electrons. The number of aromatic nitrogens is 4. The number of nitrogens with zero attached hydrogens (tertiary/aromatic N) is 4. The van der Waals surface area contributed by atoms with Gasteiger partial charge in [0.1, 0.15) is 18.5 Å². The Morgan fingerprint density at radius 2 is 2.23 bits per heavy atom. The number of halogens is 2. The van der Waals surface area contributed by atoms with Crippen LogP contribution in [-0.2, 0) is 9.47 Å². The molecule has 0 radical (unpaired) electrons. The van der Waals surface area contributed by atoms with E-state index in [2.05, 4.69) is 20.9 Å². The van der Waals surface area contributed by atoms with Crippen molar-refractivity contribution in [2.75, 3.05) is 19.5 Å². The van der Waals surface area contributed by atoms with E-state index in [1.165, 1.54) is 6.33 Å². The highest BCUT2D eigenvalue weighted by molar-refractivity contribution is 6.30. The number of rotatable bonds is 4. The molecule has 1 aliphatic heterocycles. The summed E-state index contributed by atoms with van der Waals surface area (Å²) in [5.74, 6) is 2.31. The number of anilines is 1. The Hall–Kier alpha value is -3.22. The number of carbonyl (C=O) groups is 1. The first-order valence-corrected chi connectivity index (χ1v) is 9.29. The largest absolute Gasteiger partial charge is 0.459 e. The molecule has 10 heteroatoms. The number of carbonyl (C=O) groups excluding carboxylic acids is 1. The summed E-state index contributed by atoms with van der Waals surface area (Å²) < 4.78 is 22.6. The number of benzene rings is 1. The molecule has 3 unspecified atom stereocenters. The second-order valence-electron chi connectivity index (χ2n) is 6.35. The summed E-state index contributed by atoms with van der Waals surface area (Å²) in [4.78, 5) is 24.6. The van der Waals surface area contributed by atoms with E-state index < -0.39 is 12.2 Å². The lowest BCUT2D eigenvalue weighted by molar-refractivity contribution is -0.0351. The summed E-state index contributed by atoms with van der Waals surface area (Å²) in [6, 6.07) is 6.56. The molecule has 4 rings (SSSR count). The Balaban J connectivity index is 0.00000124. The van der Waals surface area contributed by atoms with E-state index in [9.17, 15) is 9.18 Å². The molecule has 1 aromatic carbocycles. The van der Waals surface area contributed by atoms with Gasteiger partial charge in [-0.3, -0.25) is 8.96 Å². The van der Waals surface area contributed by atoms with Gasteiger partial charge in [-0.2, -0.15) is 0 Å². The number of esters is 1. The van der Waals surface area contributed by atoms with Crippen LogP contribution in [0.1, 0.15) is 23.0 Å². The number of alkyl halides is 1. The molecular formula is C20H19ClFN5O3. The van der Waals surface area contributed by atoms with Gasteiger partial charge in [-0.15, -0.1) is 6.42 Å². The quantitative estimate of drug-likeness (QED) is 0.500. The number of hydrogen-bond donors (Lipinski definition) is 1. The maximum atomic E-state index is 12.2. The van der Waals surface area contributed by atoms with Gasteiger partial charge in [-0.1, -0.05) is 23.6 Å². The van der Waals surface area contributed by atoms with Gasteiger partial charge in [0.15, 0.2) is 17.7 Å². The fraction of sp³-hybridized carbons (Fsp3) is 0.300. The van der Waals surface area contributed by atoms with E-state index in [4.69, 9.17) is 33.2 Å². The Bertz CT molecular complexity index is 1080.